The highest BCUT2D eigenvalue weighted by Gasteiger charge is 2.03. The number of hydrogen-bond acceptors (Lipinski definition) is 3. The van der Waals surface area contributed by atoms with Crippen molar-refractivity contribution in [2.24, 2.45) is 0 Å². The van der Waals surface area contributed by atoms with E-state index in [1.807, 2.05) is 50.2 Å². The molecule has 1 N–H and O–H groups in total. The molecule has 0 atom stereocenters. The van der Waals surface area contributed by atoms with E-state index in [2.05, 4.69) is 12.2 Å². The van der Waals surface area contributed by atoms with E-state index in [0.29, 0.717) is 6.61 Å². The summed E-state index contributed by atoms with van der Waals surface area (Å²) in [6.45, 7) is 8.12. The number of hydrogen-bond donors (Lipinski definition) is 1. The van der Waals surface area contributed by atoms with E-state index in [-0.39, 0.29) is 0 Å². The summed E-state index contributed by atoms with van der Waals surface area (Å²) >= 11 is 6.16. The van der Waals surface area contributed by atoms with Gasteiger partial charge in [0.15, 0.2) is 0 Å². The third-order valence-electron chi connectivity index (χ3n) is 3.42. The molecule has 2 rings (SSSR count). The maximum Gasteiger partial charge on any atom is 0.121 e. The van der Waals surface area contributed by atoms with Crippen molar-refractivity contribution in [3.05, 3.63) is 52.5 Å². The van der Waals surface area contributed by atoms with Crippen molar-refractivity contribution in [1.82, 2.24) is 0 Å². The fraction of sp³-hybridized carbons (Fsp3) is 0.368. The van der Waals surface area contributed by atoms with Gasteiger partial charge >= 0.3 is 0 Å². The molecule has 3 nitrogen and oxygen atoms in total. The Morgan fingerprint density at radius 3 is 2.35 bits per heavy atom. The molecular weight excluding hydrogens is 310 g/mol. The van der Waals surface area contributed by atoms with Crippen LogP contribution in [0.25, 0.3) is 0 Å². The zero-order valence-electron chi connectivity index (χ0n) is 14.0. The van der Waals surface area contributed by atoms with Crippen molar-refractivity contribution < 1.29 is 9.47 Å². The van der Waals surface area contributed by atoms with Gasteiger partial charge in [0.1, 0.15) is 18.1 Å². The van der Waals surface area contributed by atoms with E-state index in [1.165, 1.54) is 0 Å². The number of ether oxygens (including phenoxy) is 2. The molecule has 0 aliphatic carbocycles. The van der Waals surface area contributed by atoms with Crippen LogP contribution in [0.1, 0.15) is 24.5 Å². The van der Waals surface area contributed by atoms with Crippen LogP contribution in [0.5, 0.6) is 11.5 Å². The molecule has 0 saturated carbocycles. The van der Waals surface area contributed by atoms with Gasteiger partial charge in [0.25, 0.3) is 0 Å². The summed E-state index contributed by atoms with van der Waals surface area (Å²) in [5, 5.41) is 4.15. The molecule has 0 aliphatic heterocycles. The second-order valence-corrected chi connectivity index (χ2v) is 5.90. The first-order valence-electron chi connectivity index (χ1n) is 7.96. The Balaban J connectivity index is 1.81. The van der Waals surface area contributed by atoms with Gasteiger partial charge < -0.3 is 14.8 Å². The van der Waals surface area contributed by atoms with Crippen LogP contribution in [0.2, 0.25) is 5.02 Å². The van der Waals surface area contributed by atoms with Crippen molar-refractivity contribution in [3.63, 3.8) is 0 Å². The number of rotatable bonds is 8. The lowest BCUT2D eigenvalue weighted by molar-refractivity contribution is 0.317. The van der Waals surface area contributed by atoms with Crippen molar-refractivity contribution in [2.45, 2.75) is 27.2 Å². The molecule has 0 spiro atoms. The Hall–Kier alpha value is -1.87. The second-order valence-electron chi connectivity index (χ2n) is 5.52. The Bertz CT molecular complexity index is 620. The van der Waals surface area contributed by atoms with Gasteiger partial charge in [0, 0.05) is 23.3 Å². The minimum absolute atomic E-state index is 0.584. The van der Waals surface area contributed by atoms with Gasteiger partial charge in [0.05, 0.1) is 6.61 Å². The first kappa shape index (κ1) is 17.5. The zero-order chi connectivity index (χ0) is 16.7. The van der Waals surface area contributed by atoms with Gasteiger partial charge in [-0.15, -0.1) is 0 Å². The lowest BCUT2D eigenvalue weighted by atomic mass is 10.1. The minimum atomic E-state index is 0.584. The normalized spacial score (nSPS) is 10.4. The SMILES string of the molecule is CCCOc1cccc(NCCOc2cc(C)c(Cl)c(C)c2)c1. The molecule has 4 heteroatoms. The predicted octanol–water partition coefficient (Wildman–Crippen LogP) is 5.24. The average Bonchev–Trinajstić information content (AvgIpc) is 2.55. The van der Waals surface area contributed by atoms with Crippen LogP contribution >= 0.6 is 11.6 Å². The van der Waals surface area contributed by atoms with E-state index < -0.39 is 0 Å². The molecule has 0 aliphatic rings. The van der Waals surface area contributed by atoms with E-state index in [0.717, 1.165) is 52.9 Å². The molecule has 2 aromatic carbocycles. The Morgan fingerprint density at radius 1 is 0.957 bits per heavy atom. The molecule has 0 bridgehead atoms. The summed E-state index contributed by atoms with van der Waals surface area (Å²) in [5.41, 5.74) is 3.11. The van der Waals surface area contributed by atoms with Crippen molar-refractivity contribution in [2.75, 3.05) is 25.1 Å². The Kier molecular flexibility index (Phi) is 6.60. The van der Waals surface area contributed by atoms with E-state index in [1.54, 1.807) is 0 Å². The number of aryl methyl sites for hydroxylation is 2. The van der Waals surface area contributed by atoms with Gasteiger partial charge in [-0.05, 0) is 55.7 Å². The van der Waals surface area contributed by atoms with Crippen LogP contribution in [0, 0.1) is 13.8 Å². The topological polar surface area (TPSA) is 30.5 Å². The number of anilines is 1. The highest BCUT2D eigenvalue weighted by atomic mass is 35.5. The third kappa shape index (κ3) is 5.36. The minimum Gasteiger partial charge on any atom is -0.494 e. The molecule has 0 saturated heterocycles. The first-order valence-corrected chi connectivity index (χ1v) is 8.34. The van der Waals surface area contributed by atoms with Gasteiger partial charge in [0.2, 0.25) is 0 Å². The fourth-order valence-electron chi connectivity index (χ4n) is 2.27. The van der Waals surface area contributed by atoms with Crippen LogP contribution < -0.4 is 14.8 Å². The van der Waals surface area contributed by atoms with Crippen LogP contribution in [0.15, 0.2) is 36.4 Å². The molecule has 0 unspecified atom stereocenters. The summed E-state index contributed by atoms with van der Waals surface area (Å²) < 4.78 is 11.4. The van der Waals surface area contributed by atoms with E-state index in [4.69, 9.17) is 21.1 Å². The molecule has 0 heterocycles. The van der Waals surface area contributed by atoms with Crippen molar-refractivity contribution in [1.29, 1.82) is 0 Å². The molecule has 0 radical (unpaired) electrons. The van der Waals surface area contributed by atoms with Crippen LogP contribution in [-0.2, 0) is 0 Å². The summed E-state index contributed by atoms with van der Waals surface area (Å²) in [6, 6.07) is 11.9. The van der Waals surface area contributed by atoms with Crippen molar-refractivity contribution in [3.8, 4) is 11.5 Å². The van der Waals surface area contributed by atoms with Gasteiger partial charge in [-0.1, -0.05) is 24.6 Å². The molecule has 124 valence electrons. The van der Waals surface area contributed by atoms with Gasteiger partial charge in [-0.25, -0.2) is 0 Å². The van der Waals surface area contributed by atoms with Crippen LogP contribution in [-0.4, -0.2) is 19.8 Å². The van der Waals surface area contributed by atoms with E-state index >= 15 is 0 Å². The summed E-state index contributed by atoms with van der Waals surface area (Å²) in [5.74, 6) is 1.74. The summed E-state index contributed by atoms with van der Waals surface area (Å²) in [4.78, 5) is 0. The molecular formula is C19H24ClNO2. The zero-order valence-corrected chi connectivity index (χ0v) is 14.7. The molecule has 0 amide bonds. The van der Waals surface area contributed by atoms with Crippen LogP contribution in [0.4, 0.5) is 5.69 Å². The summed E-state index contributed by atoms with van der Waals surface area (Å²) in [6.07, 6.45) is 1.01. The fourth-order valence-corrected chi connectivity index (χ4v) is 2.38. The maximum absolute atomic E-state index is 6.16. The number of benzene rings is 2. The average molecular weight is 334 g/mol. The second kappa shape index (κ2) is 8.68. The standard InChI is InChI=1S/C19H24ClNO2/c1-4-9-22-17-7-5-6-16(13-17)21-8-10-23-18-11-14(2)19(20)15(3)12-18/h5-7,11-13,21H,4,8-10H2,1-3H3. The first-order chi connectivity index (χ1) is 11.1. The molecule has 23 heavy (non-hydrogen) atoms. The predicted molar refractivity (Wildman–Crippen MR) is 97.1 cm³/mol. The lowest BCUT2D eigenvalue weighted by Crippen LogP contribution is -2.11. The van der Waals surface area contributed by atoms with E-state index in [9.17, 15) is 0 Å². The monoisotopic (exact) mass is 333 g/mol. The van der Waals surface area contributed by atoms with Gasteiger partial charge in [-0.3, -0.25) is 0 Å². The van der Waals surface area contributed by atoms with Gasteiger partial charge in [-0.2, -0.15) is 0 Å². The van der Waals surface area contributed by atoms with Crippen LogP contribution in [0.3, 0.4) is 0 Å². The third-order valence-corrected chi connectivity index (χ3v) is 4.01. The Morgan fingerprint density at radius 2 is 1.65 bits per heavy atom. The smallest absolute Gasteiger partial charge is 0.121 e. The Labute approximate surface area is 143 Å². The molecule has 2 aromatic rings. The lowest BCUT2D eigenvalue weighted by Gasteiger charge is -2.12. The number of nitrogens with one attached hydrogen (secondary N) is 1. The molecule has 0 fully saturated rings. The van der Waals surface area contributed by atoms with Crippen molar-refractivity contribution >= 4 is 17.3 Å². The largest absolute Gasteiger partial charge is 0.494 e. The molecule has 0 aromatic heterocycles. The number of halogens is 1. The quantitative estimate of drug-likeness (QED) is 0.670. The summed E-state index contributed by atoms with van der Waals surface area (Å²) in [7, 11) is 0. The highest BCUT2D eigenvalue weighted by molar-refractivity contribution is 6.32. The maximum atomic E-state index is 6.16. The highest BCUT2D eigenvalue weighted by Crippen LogP contribution is 2.25.